The normalized spacial score (nSPS) is 10.7. The molecule has 4 heteroatoms. The molecule has 90 valence electrons. The highest BCUT2D eigenvalue weighted by Gasteiger charge is 2.07. The first-order valence-corrected chi connectivity index (χ1v) is 5.54. The molecule has 0 aliphatic carbocycles. The number of hydrogen-bond acceptors (Lipinski definition) is 3. The molecule has 0 aromatic heterocycles. The first kappa shape index (κ1) is 14.4. The number of hydrogen-bond donors (Lipinski definition) is 1. The third-order valence-electron chi connectivity index (χ3n) is 2.18. The second-order valence-electron chi connectivity index (χ2n) is 4.02. The first-order valence-electron chi connectivity index (χ1n) is 5.54. The lowest BCUT2D eigenvalue weighted by molar-refractivity contribution is -0.130. The summed E-state index contributed by atoms with van der Waals surface area (Å²) in [6, 6.07) is 0.492. The predicted octanol–water partition coefficient (Wildman–Crippen LogP) is 0.869. The van der Waals surface area contributed by atoms with E-state index in [9.17, 15) is 4.79 Å². The van der Waals surface area contributed by atoms with E-state index in [2.05, 4.69) is 19.2 Å². The van der Waals surface area contributed by atoms with Crippen molar-refractivity contribution in [2.45, 2.75) is 32.7 Å². The molecule has 0 unspecified atom stereocenters. The highest BCUT2D eigenvalue weighted by atomic mass is 16.5. The summed E-state index contributed by atoms with van der Waals surface area (Å²) >= 11 is 0. The number of carbonyl (C=O) groups is 1. The molecule has 1 N–H and O–H groups in total. The standard InChI is InChI=1S/C11H24N2O2/c1-10(2)12-7-5-6-11(14)13(3)8-9-15-4/h10,12H,5-9H2,1-4H3. The average Bonchev–Trinajstić information content (AvgIpc) is 2.20. The fourth-order valence-electron chi connectivity index (χ4n) is 1.17. The molecule has 0 spiro atoms. The Balaban J connectivity index is 3.47. The lowest BCUT2D eigenvalue weighted by atomic mass is 10.2. The van der Waals surface area contributed by atoms with Gasteiger partial charge in [-0.3, -0.25) is 4.79 Å². The van der Waals surface area contributed by atoms with Crippen LogP contribution in [0.5, 0.6) is 0 Å². The maximum atomic E-state index is 11.5. The lowest BCUT2D eigenvalue weighted by Gasteiger charge is -2.16. The maximum absolute atomic E-state index is 11.5. The summed E-state index contributed by atoms with van der Waals surface area (Å²) in [6.45, 7) is 6.39. The van der Waals surface area contributed by atoms with Crippen LogP contribution in [-0.2, 0) is 9.53 Å². The van der Waals surface area contributed by atoms with Crippen molar-refractivity contribution in [1.29, 1.82) is 0 Å². The van der Waals surface area contributed by atoms with Crippen molar-refractivity contribution >= 4 is 5.91 Å². The highest BCUT2D eigenvalue weighted by molar-refractivity contribution is 5.75. The molecule has 0 rings (SSSR count). The summed E-state index contributed by atoms with van der Waals surface area (Å²) in [5, 5.41) is 3.29. The zero-order chi connectivity index (χ0) is 11.7. The molecule has 0 saturated heterocycles. The van der Waals surface area contributed by atoms with Crippen LogP contribution in [0.25, 0.3) is 0 Å². The van der Waals surface area contributed by atoms with E-state index in [1.807, 2.05) is 7.05 Å². The van der Waals surface area contributed by atoms with Gasteiger partial charge in [-0.15, -0.1) is 0 Å². The Morgan fingerprint density at radius 2 is 2.13 bits per heavy atom. The van der Waals surface area contributed by atoms with Crippen LogP contribution >= 0.6 is 0 Å². The maximum Gasteiger partial charge on any atom is 0.222 e. The van der Waals surface area contributed by atoms with Crippen molar-refractivity contribution < 1.29 is 9.53 Å². The van der Waals surface area contributed by atoms with Crippen LogP contribution in [0.15, 0.2) is 0 Å². The molecule has 0 aromatic rings. The van der Waals surface area contributed by atoms with Gasteiger partial charge in [0.15, 0.2) is 0 Å². The van der Waals surface area contributed by atoms with E-state index >= 15 is 0 Å². The van der Waals surface area contributed by atoms with Crippen LogP contribution in [0.2, 0.25) is 0 Å². The van der Waals surface area contributed by atoms with Gasteiger partial charge in [0.2, 0.25) is 5.91 Å². The summed E-state index contributed by atoms with van der Waals surface area (Å²) in [6.07, 6.45) is 1.51. The minimum absolute atomic E-state index is 0.192. The molecular weight excluding hydrogens is 192 g/mol. The van der Waals surface area contributed by atoms with Crippen molar-refractivity contribution in [2.24, 2.45) is 0 Å². The third-order valence-corrected chi connectivity index (χ3v) is 2.18. The molecule has 4 nitrogen and oxygen atoms in total. The Kier molecular flexibility index (Phi) is 8.33. The topological polar surface area (TPSA) is 41.6 Å². The van der Waals surface area contributed by atoms with Gasteiger partial charge >= 0.3 is 0 Å². The van der Waals surface area contributed by atoms with Crippen LogP contribution in [0.3, 0.4) is 0 Å². The second-order valence-corrected chi connectivity index (χ2v) is 4.02. The third kappa shape index (κ3) is 8.39. The largest absolute Gasteiger partial charge is 0.383 e. The molecule has 0 aromatic carbocycles. The van der Waals surface area contributed by atoms with E-state index in [4.69, 9.17) is 4.74 Å². The summed E-state index contributed by atoms with van der Waals surface area (Å²) in [4.78, 5) is 13.3. The number of rotatable bonds is 8. The molecule has 0 atom stereocenters. The van der Waals surface area contributed by atoms with Crippen molar-refractivity contribution in [2.75, 3.05) is 33.9 Å². The fraction of sp³-hybridized carbons (Fsp3) is 0.909. The van der Waals surface area contributed by atoms with Gasteiger partial charge in [0.05, 0.1) is 6.61 Å². The van der Waals surface area contributed by atoms with Crippen LogP contribution in [0.1, 0.15) is 26.7 Å². The second kappa shape index (κ2) is 8.68. The number of ether oxygens (including phenoxy) is 1. The van der Waals surface area contributed by atoms with Gasteiger partial charge in [-0.2, -0.15) is 0 Å². The monoisotopic (exact) mass is 216 g/mol. The van der Waals surface area contributed by atoms with E-state index < -0.39 is 0 Å². The molecule has 1 amide bonds. The van der Waals surface area contributed by atoms with Crippen molar-refractivity contribution in [3.05, 3.63) is 0 Å². The lowest BCUT2D eigenvalue weighted by Crippen LogP contribution is -2.31. The smallest absolute Gasteiger partial charge is 0.222 e. The van der Waals surface area contributed by atoms with Gasteiger partial charge in [-0.05, 0) is 13.0 Å². The molecule has 0 fully saturated rings. The van der Waals surface area contributed by atoms with E-state index in [0.717, 1.165) is 13.0 Å². The SMILES string of the molecule is COCCN(C)C(=O)CCCNC(C)C. The van der Waals surface area contributed by atoms with Crippen molar-refractivity contribution in [3.63, 3.8) is 0 Å². The average molecular weight is 216 g/mol. The van der Waals surface area contributed by atoms with Crippen LogP contribution < -0.4 is 5.32 Å². The molecule has 0 heterocycles. The number of amides is 1. The minimum Gasteiger partial charge on any atom is -0.383 e. The molecule has 0 saturated carbocycles. The highest BCUT2D eigenvalue weighted by Crippen LogP contribution is 1.95. The van der Waals surface area contributed by atoms with Crippen LogP contribution in [0.4, 0.5) is 0 Å². The van der Waals surface area contributed by atoms with Gasteiger partial charge in [-0.1, -0.05) is 13.8 Å². The zero-order valence-electron chi connectivity index (χ0n) is 10.4. The minimum atomic E-state index is 0.192. The molecular formula is C11H24N2O2. The Bertz CT molecular complexity index is 172. The summed E-state index contributed by atoms with van der Waals surface area (Å²) < 4.78 is 4.91. The van der Waals surface area contributed by atoms with E-state index in [-0.39, 0.29) is 5.91 Å². The Morgan fingerprint density at radius 3 is 2.67 bits per heavy atom. The number of nitrogens with one attached hydrogen (secondary N) is 1. The van der Waals surface area contributed by atoms with Crippen molar-refractivity contribution in [1.82, 2.24) is 10.2 Å². The van der Waals surface area contributed by atoms with Crippen LogP contribution in [0, 0.1) is 0 Å². The van der Waals surface area contributed by atoms with E-state index in [1.165, 1.54) is 0 Å². The van der Waals surface area contributed by atoms with Crippen molar-refractivity contribution in [3.8, 4) is 0 Å². The fourth-order valence-corrected chi connectivity index (χ4v) is 1.17. The quantitative estimate of drug-likeness (QED) is 0.612. The van der Waals surface area contributed by atoms with E-state index in [1.54, 1.807) is 12.0 Å². The van der Waals surface area contributed by atoms with Crippen LogP contribution in [-0.4, -0.2) is 50.7 Å². The number of carbonyl (C=O) groups excluding carboxylic acids is 1. The number of nitrogens with zero attached hydrogens (tertiary/aromatic N) is 1. The van der Waals surface area contributed by atoms with Gasteiger partial charge in [0.25, 0.3) is 0 Å². The molecule has 0 aliphatic heterocycles. The Hall–Kier alpha value is -0.610. The van der Waals surface area contributed by atoms with E-state index in [0.29, 0.717) is 25.6 Å². The summed E-state index contributed by atoms with van der Waals surface area (Å²) in [5.41, 5.74) is 0. The molecule has 0 radical (unpaired) electrons. The van der Waals surface area contributed by atoms with Gasteiger partial charge in [0.1, 0.15) is 0 Å². The predicted molar refractivity (Wildman–Crippen MR) is 61.9 cm³/mol. The number of methoxy groups -OCH3 is 1. The van der Waals surface area contributed by atoms with Gasteiger partial charge in [0, 0.05) is 33.2 Å². The first-order chi connectivity index (χ1) is 7.07. The molecule has 0 aliphatic rings. The molecule has 0 bridgehead atoms. The zero-order valence-corrected chi connectivity index (χ0v) is 10.4. The van der Waals surface area contributed by atoms with Gasteiger partial charge in [-0.25, -0.2) is 0 Å². The number of likely N-dealkylation sites (N-methyl/N-ethyl adjacent to an activating group) is 1. The Morgan fingerprint density at radius 1 is 1.47 bits per heavy atom. The van der Waals surface area contributed by atoms with Gasteiger partial charge < -0.3 is 15.0 Å². The summed E-state index contributed by atoms with van der Waals surface area (Å²) in [7, 11) is 3.46. The Labute approximate surface area is 93.0 Å². The molecule has 15 heavy (non-hydrogen) atoms. The summed E-state index contributed by atoms with van der Waals surface area (Å²) in [5.74, 6) is 0.192.